The Morgan fingerprint density at radius 3 is 2.90 bits per heavy atom. The lowest BCUT2D eigenvalue weighted by Gasteiger charge is -2.07. The first-order chi connectivity index (χ1) is 10.1. The van der Waals surface area contributed by atoms with Crippen molar-refractivity contribution in [1.82, 2.24) is 15.5 Å². The Hall–Kier alpha value is -2.97. The lowest BCUT2D eigenvalue weighted by molar-refractivity contribution is -0.384. The second-order valence-electron chi connectivity index (χ2n) is 4.05. The molecule has 9 heteroatoms. The number of amides is 1. The fraction of sp³-hybridized carbons (Fsp3) is 0.250. The molecule has 1 aromatic heterocycles. The Morgan fingerprint density at radius 2 is 2.29 bits per heavy atom. The van der Waals surface area contributed by atoms with Crippen LogP contribution in [0.4, 0.5) is 11.4 Å². The van der Waals surface area contributed by atoms with Crippen LogP contribution in [0.1, 0.15) is 23.1 Å². The molecule has 0 bridgehead atoms. The summed E-state index contributed by atoms with van der Waals surface area (Å²) in [7, 11) is 0. The Kier molecular flexibility index (Phi) is 4.44. The number of rotatable bonds is 6. The monoisotopic (exact) mass is 291 g/mol. The van der Waals surface area contributed by atoms with E-state index in [1.165, 1.54) is 18.2 Å². The Labute approximate surface area is 119 Å². The highest BCUT2D eigenvalue weighted by atomic mass is 16.6. The number of carbonyl (C=O) groups is 1. The molecule has 1 heterocycles. The molecule has 0 fully saturated rings. The lowest BCUT2D eigenvalue weighted by Crippen LogP contribution is -2.23. The number of nitro benzene ring substituents is 1. The molecule has 2 rings (SSSR count). The fourth-order valence-corrected chi connectivity index (χ4v) is 1.70. The van der Waals surface area contributed by atoms with Gasteiger partial charge < -0.3 is 15.2 Å². The van der Waals surface area contributed by atoms with E-state index in [1.54, 1.807) is 0 Å². The molecule has 0 saturated heterocycles. The number of hydrogen-bond donors (Lipinski definition) is 2. The zero-order chi connectivity index (χ0) is 15.2. The predicted octanol–water partition coefficient (Wildman–Crippen LogP) is 1.34. The minimum atomic E-state index is -0.501. The zero-order valence-corrected chi connectivity index (χ0v) is 11.2. The van der Waals surface area contributed by atoms with Crippen LogP contribution in [0.2, 0.25) is 0 Å². The van der Waals surface area contributed by atoms with Gasteiger partial charge in [0.25, 0.3) is 11.6 Å². The first-order valence-corrected chi connectivity index (χ1v) is 6.17. The average Bonchev–Trinajstić information content (AvgIpc) is 2.98. The molecular formula is C12H13N5O4. The van der Waals surface area contributed by atoms with Crippen LogP contribution in [0.25, 0.3) is 0 Å². The van der Waals surface area contributed by atoms with Crippen molar-refractivity contribution in [3.8, 4) is 0 Å². The molecule has 0 aliphatic heterocycles. The van der Waals surface area contributed by atoms with Crippen LogP contribution < -0.4 is 10.6 Å². The number of nitrogens with zero attached hydrogens (tertiary/aromatic N) is 3. The molecule has 9 nitrogen and oxygen atoms in total. The van der Waals surface area contributed by atoms with Gasteiger partial charge in [0.2, 0.25) is 6.39 Å². The summed E-state index contributed by atoms with van der Waals surface area (Å²) in [4.78, 5) is 26.2. The Bertz CT molecular complexity index is 641. The highest BCUT2D eigenvalue weighted by Crippen LogP contribution is 2.25. The van der Waals surface area contributed by atoms with Crippen LogP contribution in [-0.4, -0.2) is 27.5 Å². The van der Waals surface area contributed by atoms with E-state index in [0.29, 0.717) is 23.6 Å². The van der Waals surface area contributed by atoms with E-state index in [0.717, 1.165) is 6.39 Å². The largest absolute Gasteiger partial charge is 0.380 e. The number of nitrogens with one attached hydrogen (secondary N) is 2. The normalized spacial score (nSPS) is 10.1. The van der Waals surface area contributed by atoms with E-state index in [1.807, 2.05) is 6.92 Å². The SMILES string of the molecule is CCNc1cc(C(=O)NCc2ncon2)ccc1[N+](=O)[O-]. The van der Waals surface area contributed by atoms with Gasteiger partial charge in [0.05, 0.1) is 11.5 Å². The van der Waals surface area contributed by atoms with Gasteiger partial charge >= 0.3 is 0 Å². The van der Waals surface area contributed by atoms with Crippen molar-refractivity contribution in [2.75, 3.05) is 11.9 Å². The number of carbonyl (C=O) groups excluding carboxylic acids is 1. The summed E-state index contributed by atoms with van der Waals surface area (Å²) in [6.45, 7) is 2.43. The quantitative estimate of drug-likeness (QED) is 0.608. The van der Waals surface area contributed by atoms with Crippen LogP contribution in [0.5, 0.6) is 0 Å². The maximum absolute atomic E-state index is 12.0. The second-order valence-corrected chi connectivity index (χ2v) is 4.05. The summed E-state index contributed by atoms with van der Waals surface area (Å²) in [5.74, 6) is -0.0361. The maximum atomic E-state index is 12.0. The van der Waals surface area contributed by atoms with Gasteiger partial charge in [-0.3, -0.25) is 14.9 Å². The van der Waals surface area contributed by atoms with E-state index in [2.05, 4.69) is 25.3 Å². The van der Waals surface area contributed by atoms with Gasteiger partial charge in [-0.15, -0.1) is 0 Å². The van der Waals surface area contributed by atoms with Crippen molar-refractivity contribution in [2.24, 2.45) is 0 Å². The van der Waals surface area contributed by atoms with Crippen molar-refractivity contribution in [1.29, 1.82) is 0 Å². The van der Waals surface area contributed by atoms with Crippen molar-refractivity contribution in [3.05, 3.63) is 46.1 Å². The molecule has 0 aliphatic rings. The maximum Gasteiger partial charge on any atom is 0.292 e. The number of benzene rings is 1. The molecule has 0 atom stereocenters. The molecule has 2 N–H and O–H groups in total. The molecular weight excluding hydrogens is 278 g/mol. The van der Waals surface area contributed by atoms with E-state index < -0.39 is 4.92 Å². The standard InChI is InChI=1S/C12H13N5O4/c1-2-13-9-5-8(3-4-10(9)17(19)20)12(18)14-6-11-15-7-21-16-11/h3-5,7,13H,2,6H2,1H3,(H,14,18). The van der Waals surface area contributed by atoms with Crippen LogP contribution in [-0.2, 0) is 6.54 Å². The summed E-state index contributed by atoms with van der Waals surface area (Å²) in [5.41, 5.74) is 0.529. The van der Waals surface area contributed by atoms with Gasteiger partial charge in [-0.05, 0) is 19.1 Å². The molecule has 0 saturated carbocycles. The van der Waals surface area contributed by atoms with Crippen LogP contribution in [0.3, 0.4) is 0 Å². The average molecular weight is 291 g/mol. The molecule has 110 valence electrons. The lowest BCUT2D eigenvalue weighted by atomic mass is 10.1. The summed E-state index contributed by atoms with van der Waals surface area (Å²) < 4.78 is 4.55. The minimum absolute atomic E-state index is 0.0773. The zero-order valence-electron chi connectivity index (χ0n) is 11.2. The van der Waals surface area contributed by atoms with Gasteiger partial charge in [-0.1, -0.05) is 5.16 Å². The van der Waals surface area contributed by atoms with Gasteiger partial charge in [0, 0.05) is 18.2 Å². The third-order valence-corrected chi connectivity index (χ3v) is 2.64. The molecule has 0 radical (unpaired) electrons. The van der Waals surface area contributed by atoms with Crippen LogP contribution in [0.15, 0.2) is 29.1 Å². The third kappa shape index (κ3) is 3.53. The van der Waals surface area contributed by atoms with Crippen molar-refractivity contribution in [2.45, 2.75) is 13.5 Å². The molecule has 21 heavy (non-hydrogen) atoms. The van der Waals surface area contributed by atoms with E-state index in [9.17, 15) is 14.9 Å². The number of aromatic nitrogens is 2. The fourth-order valence-electron chi connectivity index (χ4n) is 1.70. The Morgan fingerprint density at radius 1 is 1.48 bits per heavy atom. The summed E-state index contributed by atoms with van der Waals surface area (Å²) in [5, 5.41) is 19.9. The first-order valence-electron chi connectivity index (χ1n) is 6.17. The van der Waals surface area contributed by atoms with Crippen molar-refractivity contribution < 1.29 is 14.2 Å². The van der Waals surface area contributed by atoms with Gasteiger partial charge in [0.1, 0.15) is 5.69 Å². The predicted molar refractivity (Wildman–Crippen MR) is 72.7 cm³/mol. The summed E-state index contributed by atoms with van der Waals surface area (Å²) in [6, 6.07) is 4.12. The highest BCUT2D eigenvalue weighted by molar-refractivity contribution is 5.95. The van der Waals surface area contributed by atoms with Crippen LogP contribution >= 0.6 is 0 Å². The van der Waals surface area contributed by atoms with Crippen molar-refractivity contribution >= 4 is 17.3 Å². The van der Waals surface area contributed by atoms with E-state index in [4.69, 9.17) is 0 Å². The van der Waals surface area contributed by atoms with Gasteiger partial charge in [0.15, 0.2) is 5.82 Å². The topological polar surface area (TPSA) is 123 Å². The molecule has 2 aromatic rings. The third-order valence-electron chi connectivity index (χ3n) is 2.64. The number of nitro groups is 1. The second kappa shape index (κ2) is 6.46. The Balaban J connectivity index is 2.13. The molecule has 0 aliphatic carbocycles. The van der Waals surface area contributed by atoms with Gasteiger partial charge in [-0.25, -0.2) is 0 Å². The molecule has 1 amide bonds. The highest BCUT2D eigenvalue weighted by Gasteiger charge is 2.16. The summed E-state index contributed by atoms with van der Waals surface area (Å²) in [6.07, 6.45) is 1.16. The number of hydrogen-bond acceptors (Lipinski definition) is 7. The van der Waals surface area contributed by atoms with E-state index in [-0.39, 0.29) is 18.1 Å². The first kappa shape index (κ1) is 14.4. The number of anilines is 1. The van der Waals surface area contributed by atoms with Crippen molar-refractivity contribution in [3.63, 3.8) is 0 Å². The van der Waals surface area contributed by atoms with E-state index >= 15 is 0 Å². The summed E-state index contributed by atoms with van der Waals surface area (Å²) >= 11 is 0. The van der Waals surface area contributed by atoms with Gasteiger partial charge in [-0.2, -0.15) is 4.98 Å². The van der Waals surface area contributed by atoms with Crippen LogP contribution in [0, 0.1) is 10.1 Å². The molecule has 0 unspecified atom stereocenters. The smallest absolute Gasteiger partial charge is 0.292 e. The molecule has 1 aromatic carbocycles. The molecule has 0 spiro atoms. The minimum Gasteiger partial charge on any atom is -0.380 e.